The molecule has 4 nitrogen and oxygen atoms in total. The number of nitrogen functional groups attached to an aromatic ring is 1. The lowest BCUT2D eigenvalue weighted by Gasteiger charge is -2.27. The number of aromatic nitrogens is 2. The first kappa shape index (κ1) is 14.1. The summed E-state index contributed by atoms with van der Waals surface area (Å²) in [7, 11) is 0. The predicted octanol–water partition coefficient (Wildman–Crippen LogP) is 3.17. The molecule has 1 aliphatic rings. The molecule has 2 atom stereocenters. The van der Waals surface area contributed by atoms with E-state index in [-0.39, 0.29) is 0 Å². The number of nitrogens with two attached hydrogens (primary N) is 1. The summed E-state index contributed by atoms with van der Waals surface area (Å²) in [5.74, 6) is 3.98. The molecular formula is C15H26N4. The molecule has 2 rings (SSSR count). The van der Waals surface area contributed by atoms with Gasteiger partial charge in [0.05, 0.1) is 0 Å². The van der Waals surface area contributed by atoms with Gasteiger partial charge in [0.1, 0.15) is 17.5 Å². The predicted molar refractivity (Wildman–Crippen MR) is 80.2 cm³/mol. The number of nitrogens with one attached hydrogen (secondary N) is 1. The van der Waals surface area contributed by atoms with Crippen LogP contribution in [0.15, 0.2) is 0 Å². The third kappa shape index (κ3) is 3.58. The SMILES string of the molecule is CCc1nc(N)c(C)c(NCC2CCCC(C)C2)n1. The Kier molecular flexibility index (Phi) is 4.61. The normalized spacial score (nSPS) is 23.3. The number of hydrogen-bond acceptors (Lipinski definition) is 4. The van der Waals surface area contributed by atoms with Crippen molar-refractivity contribution in [3.05, 3.63) is 11.4 Å². The molecule has 2 unspecified atom stereocenters. The maximum absolute atomic E-state index is 5.94. The quantitative estimate of drug-likeness (QED) is 0.875. The topological polar surface area (TPSA) is 63.8 Å². The molecule has 1 fully saturated rings. The Morgan fingerprint density at radius 2 is 2.11 bits per heavy atom. The maximum atomic E-state index is 5.94. The van der Waals surface area contributed by atoms with E-state index in [2.05, 4.69) is 29.1 Å². The first-order chi connectivity index (χ1) is 9.10. The van der Waals surface area contributed by atoms with Gasteiger partial charge in [0.15, 0.2) is 0 Å². The highest BCUT2D eigenvalue weighted by Crippen LogP contribution is 2.29. The first-order valence-corrected chi connectivity index (χ1v) is 7.47. The number of nitrogens with zero attached hydrogens (tertiary/aromatic N) is 2. The van der Waals surface area contributed by atoms with Crippen molar-refractivity contribution in [1.82, 2.24) is 9.97 Å². The molecule has 1 saturated carbocycles. The van der Waals surface area contributed by atoms with Crippen LogP contribution in [0, 0.1) is 18.8 Å². The average molecular weight is 262 g/mol. The van der Waals surface area contributed by atoms with E-state index in [0.717, 1.165) is 42.0 Å². The lowest BCUT2D eigenvalue weighted by molar-refractivity contribution is 0.293. The smallest absolute Gasteiger partial charge is 0.134 e. The lowest BCUT2D eigenvalue weighted by atomic mass is 9.82. The van der Waals surface area contributed by atoms with Gasteiger partial charge in [-0.1, -0.05) is 26.7 Å². The van der Waals surface area contributed by atoms with E-state index >= 15 is 0 Å². The van der Waals surface area contributed by atoms with Gasteiger partial charge in [-0.15, -0.1) is 0 Å². The molecule has 0 saturated heterocycles. The molecule has 0 radical (unpaired) electrons. The fourth-order valence-corrected chi connectivity index (χ4v) is 2.90. The van der Waals surface area contributed by atoms with Crippen molar-refractivity contribution in [3.8, 4) is 0 Å². The summed E-state index contributed by atoms with van der Waals surface area (Å²) in [4.78, 5) is 8.84. The van der Waals surface area contributed by atoms with E-state index in [4.69, 9.17) is 5.73 Å². The number of anilines is 2. The Hall–Kier alpha value is -1.32. The van der Waals surface area contributed by atoms with Gasteiger partial charge in [-0.3, -0.25) is 0 Å². The van der Waals surface area contributed by atoms with E-state index in [0.29, 0.717) is 5.82 Å². The van der Waals surface area contributed by atoms with Crippen LogP contribution in [0.25, 0.3) is 0 Å². The van der Waals surface area contributed by atoms with Crippen LogP contribution in [0.1, 0.15) is 50.9 Å². The number of hydrogen-bond donors (Lipinski definition) is 2. The van der Waals surface area contributed by atoms with Gasteiger partial charge < -0.3 is 11.1 Å². The zero-order valence-electron chi connectivity index (χ0n) is 12.4. The van der Waals surface area contributed by atoms with Crippen molar-refractivity contribution < 1.29 is 0 Å². The van der Waals surface area contributed by atoms with Crippen molar-refractivity contribution in [2.45, 2.75) is 52.9 Å². The van der Waals surface area contributed by atoms with Crippen LogP contribution in [-0.4, -0.2) is 16.5 Å². The van der Waals surface area contributed by atoms with Crippen LogP contribution in [-0.2, 0) is 6.42 Å². The Morgan fingerprint density at radius 1 is 1.32 bits per heavy atom. The summed E-state index contributed by atoms with van der Waals surface area (Å²) in [6, 6.07) is 0. The fourth-order valence-electron chi connectivity index (χ4n) is 2.90. The second-order valence-electron chi connectivity index (χ2n) is 5.87. The lowest BCUT2D eigenvalue weighted by Crippen LogP contribution is -2.22. The van der Waals surface area contributed by atoms with Crippen molar-refractivity contribution in [2.24, 2.45) is 11.8 Å². The Bertz CT molecular complexity index is 430. The van der Waals surface area contributed by atoms with Crippen LogP contribution in [0.2, 0.25) is 0 Å². The standard InChI is InChI=1S/C15H26N4/c1-4-13-18-14(16)11(3)15(19-13)17-9-12-7-5-6-10(2)8-12/h10,12H,4-9H2,1-3H3,(H3,16,17,18,19). The summed E-state index contributed by atoms with van der Waals surface area (Å²) in [5, 5.41) is 3.49. The molecule has 1 aromatic rings. The molecule has 4 heteroatoms. The number of aryl methyl sites for hydroxylation is 1. The van der Waals surface area contributed by atoms with Gasteiger partial charge in [0.25, 0.3) is 0 Å². The first-order valence-electron chi connectivity index (χ1n) is 7.47. The van der Waals surface area contributed by atoms with Gasteiger partial charge in [-0.2, -0.15) is 0 Å². The Labute approximate surface area is 116 Å². The molecule has 0 aromatic carbocycles. The van der Waals surface area contributed by atoms with Crippen molar-refractivity contribution in [1.29, 1.82) is 0 Å². The monoisotopic (exact) mass is 262 g/mol. The molecule has 1 aliphatic carbocycles. The van der Waals surface area contributed by atoms with Crippen LogP contribution in [0.4, 0.5) is 11.6 Å². The van der Waals surface area contributed by atoms with Crippen LogP contribution in [0.5, 0.6) is 0 Å². The Morgan fingerprint density at radius 3 is 2.79 bits per heavy atom. The van der Waals surface area contributed by atoms with Gasteiger partial charge in [0, 0.05) is 18.5 Å². The van der Waals surface area contributed by atoms with E-state index in [1.165, 1.54) is 25.7 Å². The summed E-state index contributed by atoms with van der Waals surface area (Å²) in [5.41, 5.74) is 6.91. The van der Waals surface area contributed by atoms with E-state index < -0.39 is 0 Å². The van der Waals surface area contributed by atoms with Crippen LogP contribution in [0.3, 0.4) is 0 Å². The Balaban J connectivity index is 2.00. The molecule has 0 amide bonds. The molecule has 106 valence electrons. The summed E-state index contributed by atoms with van der Waals surface area (Å²) >= 11 is 0. The van der Waals surface area contributed by atoms with Crippen molar-refractivity contribution >= 4 is 11.6 Å². The number of rotatable bonds is 4. The van der Waals surface area contributed by atoms with Crippen LogP contribution >= 0.6 is 0 Å². The summed E-state index contributed by atoms with van der Waals surface area (Å²) in [6.45, 7) is 7.40. The van der Waals surface area contributed by atoms with E-state index in [1.807, 2.05) is 6.92 Å². The minimum absolute atomic E-state index is 0.603. The van der Waals surface area contributed by atoms with Crippen LogP contribution < -0.4 is 11.1 Å². The highest BCUT2D eigenvalue weighted by molar-refractivity contribution is 5.54. The minimum atomic E-state index is 0.603. The molecular weight excluding hydrogens is 236 g/mol. The summed E-state index contributed by atoms with van der Waals surface area (Å²) in [6.07, 6.45) is 6.22. The average Bonchev–Trinajstić information content (AvgIpc) is 2.40. The van der Waals surface area contributed by atoms with Gasteiger partial charge in [-0.05, 0) is 31.6 Å². The molecule has 19 heavy (non-hydrogen) atoms. The largest absolute Gasteiger partial charge is 0.383 e. The molecule has 1 aromatic heterocycles. The van der Waals surface area contributed by atoms with E-state index in [1.54, 1.807) is 0 Å². The highest BCUT2D eigenvalue weighted by Gasteiger charge is 2.19. The highest BCUT2D eigenvalue weighted by atomic mass is 15.1. The molecule has 0 bridgehead atoms. The molecule has 0 spiro atoms. The van der Waals surface area contributed by atoms with Gasteiger partial charge in [0.2, 0.25) is 0 Å². The molecule has 3 N–H and O–H groups in total. The van der Waals surface area contributed by atoms with Gasteiger partial charge >= 0.3 is 0 Å². The third-order valence-corrected chi connectivity index (χ3v) is 4.15. The van der Waals surface area contributed by atoms with Crippen molar-refractivity contribution in [3.63, 3.8) is 0 Å². The maximum Gasteiger partial charge on any atom is 0.134 e. The van der Waals surface area contributed by atoms with E-state index in [9.17, 15) is 0 Å². The third-order valence-electron chi connectivity index (χ3n) is 4.15. The second kappa shape index (κ2) is 6.22. The van der Waals surface area contributed by atoms with Crippen molar-refractivity contribution in [2.75, 3.05) is 17.6 Å². The summed E-state index contributed by atoms with van der Waals surface area (Å²) < 4.78 is 0. The zero-order valence-corrected chi connectivity index (χ0v) is 12.4. The fraction of sp³-hybridized carbons (Fsp3) is 0.733. The molecule has 0 aliphatic heterocycles. The minimum Gasteiger partial charge on any atom is -0.383 e. The van der Waals surface area contributed by atoms with Gasteiger partial charge in [-0.25, -0.2) is 9.97 Å². The second-order valence-corrected chi connectivity index (χ2v) is 5.87. The zero-order chi connectivity index (χ0) is 13.8. The molecule has 1 heterocycles.